The predicted molar refractivity (Wildman–Crippen MR) is 58.8 cm³/mol. The van der Waals surface area contributed by atoms with Crippen LogP contribution in [0.1, 0.15) is 19.8 Å². The summed E-state index contributed by atoms with van der Waals surface area (Å²) in [5, 5.41) is 11.6. The van der Waals surface area contributed by atoms with Crippen molar-refractivity contribution in [3.63, 3.8) is 0 Å². The predicted octanol–water partition coefficient (Wildman–Crippen LogP) is 0.437. The van der Waals surface area contributed by atoms with Gasteiger partial charge in [0.25, 0.3) is 0 Å². The van der Waals surface area contributed by atoms with Crippen LogP contribution in [0, 0.1) is 0 Å². The third kappa shape index (κ3) is 7.16. The van der Waals surface area contributed by atoms with Gasteiger partial charge in [0.1, 0.15) is 0 Å². The molecular weight excluding hydrogens is 196 g/mol. The number of hydrogen-bond acceptors (Lipinski definition) is 3. The second-order valence-corrected chi connectivity index (χ2v) is 3.29. The van der Waals surface area contributed by atoms with E-state index >= 15 is 0 Å². The van der Waals surface area contributed by atoms with Crippen LogP contribution in [0.2, 0.25) is 0 Å². The van der Waals surface area contributed by atoms with Crippen molar-refractivity contribution in [2.24, 2.45) is 0 Å². The number of methoxy groups -OCH3 is 1. The number of nitrogens with one attached hydrogen (secondary N) is 1. The number of nitrogens with zero attached hydrogens (tertiary/aromatic N) is 1. The Morgan fingerprint density at radius 3 is 2.73 bits per heavy atom. The maximum atomic E-state index is 11.6. The van der Waals surface area contributed by atoms with Gasteiger partial charge in [-0.2, -0.15) is 0 Å². The fraction of sp³-hybridized carbons (Fsp3) is 0.900. The Bertz CT molecular complexity index is 165. The number of carbonyl (C=O) groups excluding carboxylic acids is 1. The van der Waals surface area contributed by atoms with E-state index in [1.165, 1.54) is 0 Å². The minimum absolute atomic E-state index is 0.0229. The molecule has 0 unspecified atom stereocenters. The van der Waals surface area contributed by atoms with E-state index in [9.17, 15) is 4.79 Å². The van der Waals surface area contributed by atoms with Gasteiger partial charge in [0.2, 0.25) is 0 Å². The number of rotatable bonds is 8. The standard InChI is InChI=1S/C10H22N2O3/c1-3-4-5-11-10(14)12(6-8-13)7-9-15-2/h13H,3-9H2,1-2H3,(H,11,14). The number of carbonyl (C=O) groups is 1. The molecule has 0 saturated carbocycles. The van der Waals surface area contributed by atoms with Crippen molar-refractivity contribution in [2.45, 2.75) is 19.8 Å². The summed E-state index contributed by atoms with van der Waals surface area (Å²) < 4.78 is 4.89. The molecule has 2 amide bonds. The van der Waals surface area contributed by atoms with Gasteiger partial charge in [0.05, 0.1) is 13.2 Å². The molecule has 0 atom stereocenters. The fourth-order valence-electron chi connectivity index (χ4n) is 1.12. The highest BCUT2D eigenvalue weighted by Gasteiger charge is 2.10. The van der Waals surface area contributed by atoms with Gasteiger partial charge in [-0.25, -0.2) is 4.79 Å². The molecule has 0 aromatic heterocycles. The first kappa shape index (κ1) is 14.2. The zero-order valence-corrected chi connectivity index (χ0v) is 9.66. The lowest BCUT2D eigenvalue weighted by Crippen LogP contribution is -2.43. The quantitative estimate of drug-likeness (QED) is 0.581. The van der Waals surface area contributed by atoms with Gasteiger partial charge in [0.15, 0.2) is 0 Å². The molecule has 0 aliphatic rings. The van der Waals surface area contributed by atoms with Crippen LogP contribution >= 0.6 is 0 Å². The molecule has 2 N–H and O–H groups in total. The minimum Gasteiger partial charge on any atom is -0.395 e. The van der Waals surface area contributed by atoms with Crippen molar-refractivity contribution >= 4 is 6.03 Å². The van der Waals surface area contributed by atoms with Crippen LogP contribution in [0.15, 0.2) is 0 Å². The lowest BCUT2D eigenvalue weighted by atomic mass is 10.3. The summed E-state index contributed by atoms with van der Waals surface area (Å²) in [6.45, 7) is 4.08. The number of amides is 2. The third-order valence-corrected chi connectivity index (χ3v) is 2.03. The summed E-state index contributed by atoms with van der Waals surface area (Å²) in [4.78, 5) is 13.1. The van der Waals surface area contributed by atoms with E-state index in [0.29, 0.717) is 26.2 Å². The number of unbranched alkanes of at least 4 members (excludes halogenated alkanes) is 1. The molecule has 0 bridgehead atoms. The Morgan fingerprint density at radius 1 is 1.47 bits per heavy atom. The van der Waals surface area contributed by atoms with Crippen LogP contribution in [-0.4, -0.2) is 56.0 Å². The number of aliphatic hydroxyl groups excluding tert-OH is 1. The zero-order chi connectivity index (χ0) is 11.5. The van der Waals surface area contributed by atoms with Gasteiger partial charge in [0, 0.05) is 26.7 Å². The Hall–Kier alpha value is -0.810. The zero-order valence-electron chi connectivity index (χ0n) is 9.66. The van der Waals surface area contributed by atoms with Crippen molar-refractivity contribution in [1.82, 2.24) is 10.2 Å². The van der Waals surface area contributed by atoms with E-state index in [1.54, 1.807) is 12.0 Å². The second kappa shape index (κ2) is 9.73. The molecule has 0 radical (unpaired) electrons. The summed E-state index contributed by atoms with van der Waals surface area (Å²) in [5.74, 6) is 0. The summed E-state index contributed by atoms with van der Waals surface area (Å²) in [6, 6.07) is -0.130. The van der Waals surface area contributed by atoms with Crippen molar-refractivity contribution < 1.29 is 14.6 Å². The normalized spacial score (nSPS) is 10.1. The summed E-state index contributed by atoms with van der Waals surface area (Å²) >= 11 is 0. The molecule has 90 valence electrons. The Kier molecular flexibility index (Phi) is 9.21. The highest BCUT2D eigenvalue weighted by molar-refractivity contribution is 5.74. The van der Waals surface area contributed by atoms with Crippen LogP contribution in [0.25, 0.3) is 0 Å². The molecule has 0 aromatic carbocycles. The molecule has 15 heavy (non-hydrogen) atoms. The molecule has 0 rings (SSSR count). The monoisotopic (exact) mass is 218 g/mol. The Labute approximate surface area is 91.4 Å². The van der Waals surface area contributed by atoms with Gasteiger partial charge < -0.3 is 20.1 Å². The van der Waals surface area contributed by atoms with E-state index in [4.69, 9.17) is 9.84 Å². The Morgan fingerprint density at radius 2 is 2.20 bits per heavy atom. The van der Waals surface area contributed by atoms with E-state index in [0.717, 1.165) is 12.8 Å². The van der Waals surface area contributed by atoms with E-state index < -0.39 is 0 Å². The molecule has 0 fully saturated rings. The molecular formula is C10H22N2O3. The lowest BCUT2D eigenvalue weighted by molar-refractivity contribution is 0.136. The largest absolute Gasteiger partial charge is 0.395 e. The second-order valence-electron chi connectivity index (χ2n) is 3.29. The summed E-state index contributed by atoms with van der Waals surface area (Å²) in [5.41, 5.74) is 0. The topological polar surface area (TPSA) is 61.8 Å². The SMILES string of the molecule is CCCCNC(=O)N(CCO)CCOC. The molecule has 0 spiro atoms. The van der Waals surface area contributed by atoms with Crippen molar-refractivity contribution in [3.8, 4) is 0 Å². The van der Waals surface area contributed by atoms with Gasteiger partial charge in [-0.15, -0.1) is 0 Å². The minimum atomic E-state index is -0.130. The average molecular weight is 218 g/mol. The summed E-state index contributed by atoms with van der Waals surface area (Å²) in [6.07, 6.45) is 2.03. The Balaban J connectivity index is 3.81. The molecule has 5 heteroatoms. The number of ether oxygens (including phenoxy) is 1. The highest BCUT2D eigenvalue weighted by Crippen LogP contribution is 1.91. The molecule has 0 aliphatic heterocycles. The van der Waals surface area contributed by atoms with Crippen LogP contribution in [-0.2, 0) is 4.74 Å². The summed E-state index contributed by atoms with van der Waals surface area (Å²) in [7, 11) is 1.59. The number of hydrogen-bond donors (Lipinski definition) is 2. The van der Waals surface area contributed by atoms with Crippen molar-refractivity contribution in [3.05, 3.63) is 0 Å². The van der Waals surface area contributed by atoms with Gasteiger partial charge >= 0.3 is 6.03 Å². The first-order chi connectivity index (χ1) is 7.26. The molecule has 0 aliphatic carbocycles. The van der Waals surface area contributed by atoms with Gasteiger partial charge in [-0.1, -0.05) is 13.3 Å². The maximum absolute atomic E-state index is 11.6. The van der Waals surface area contributed by atoms with E-state index in [2.05, 4.69) is 12.2 Å². The number of urea groups is 1. The van der Waals surface area contributed by atoms with Crippen molar-refractivity contribution in [1.29, 1.82) is 0 Å². The average Bonchev–Trinajstić information content (AvgIpc) is 2.24. The maximum Gasteiger partial charge on any atom is 0.317 e. The molecule has 0 heterocycles. The van der Waals surface area contributed by atoms with Crippen LogP contribution in [0.5, 0.6) is 0 Å². The molecule has 5 nitrogen and oxygen atoms in total. The fourth-order valence-corrected chi connectivity index (χ4v) is 1.12. The van der Waals surface area contributed by atoms with Gasteiger partial charge in [-0.05, 0) is 6.42 Å². The van der Waals surface area contributed by atoms with Gasteiger partial charge in [-0.3, -0.25) is 0 Å². The van der Waals surface area contributed by atoms with Crippen LogP contribution < -0.4 is 5.32 Å². The molecule has 0 aromatic rings. The van der Waals surface area contributed by atoms with Crippen molar-refractivity contribution in [2.75, 3.05) is 40.0 Å². The molecule has 0 saturated heterocycles. The number of aliphatic hydroxyl groups is 1. The van der Waals surface area contributed by atoms with Crippen LogP contribution in [0.3, 0.4) is 0 Å². The lowest BCUT2D eigenvalue weighted by Gasteiger charge is -2.21. The highest BCUT2D eigenvalue weighted by atomic mass is 16.5. The van der Waals surface area contributed by atoms with Crippen LogP contribution in [0.4, 0.5) is 4.79 Å². The smallest absolute Gasteiger partial charge is 0.317 e. The third-order valence-electron chi connectivity index (χ3n) is 2.03. The first-order valence-corrected chi connectivity index (χ1v) is 5.38. The van der Waals surface area contributed by atoms with E-state index in [1.807, 2.05) is 0 Å². The first-order valence-electron chi connectivity index (χ1n) is 5.38. The van der Waals surface area contributed by atoms with E-state index in [-0.39, 0.29) is 12.6 Å².